The summed E-state index contributed by atoms with van der Waals surface area (Å²) in [6.45, 7) is 0. The fourth-order valence-corrected chi connectivity index (χ4v) is 4.85. The zero-order valence-electron chi connectivity index (χ0n) is 10.3. The van der Waals surface area contributed by atoms with Crippen molar-refractivity contribution in [1.82, 2.24) is 5.32 Å². The lowest BCUT2D eigenvalue weighted by molar-refractivity contribution is -0.124. The van der Waals surface area contributed by atoms with Crippen molar-refractivity contribution in [3.8, 4) is 0 Å². The summed E-state index contributed by atoms with van der Waals surface area (Å²) in [7, 11) is 0. The van der Waals surface area contributed by atoms with Gasteiger partial charge in [-0.2, -0.15) is 0 Å². The maximum Gasteiger partial charge on any atom is 0.223 e. The van der Waals surface area contributed by atoms with E-state index < -0.39 is 0 Å². The highest BCUT2D eigenvalue weighted by molar-refractivity contribution is 9.09. The maximum atomic E-state index is 12.2. The number of rotatable bonds is 3. The van der Waals surface area contributed by atoms with Gasteiger partial charge < -0.3 is 5.32 Å². The Morgan fingerprint density at radius 3 is 2.47 bits per heavy atom. The second-order valence-electron chi connectivity index (χ2n) is 6.10. The van der Waals surface area contributed by atoms with Gasteiger partial charge in [-0.05, 0) is 43.4 Å². The smallest absolute Gasteiger partial charge is 0.223 e. The van der Waals surface area contributed by atoms with Crippen LogP contribution >= 0.6 is 15.9 Å². The van der Waals surface area contributed by atoms with Gasteiger partial charge in [0.2, 0.25) is 5.91 Å². The molecule has 3 heteroatoms. The number of carbonyl (C=O) groups is 1. The number of amides is 1. The lowest BCUT2D eigenvalue weighted by Crippen LogP contribution is -2.43. The summed E-state index contributed by atoms with van der Waals surface area (Å²) in [4.78, 5) is 12.2. The van der Waals surface area contributed by atoms with Crippen molar-refractivity contribution in [3.63, 3.8) is 0 Å². The SMILES string of the molecule is O=C(NC1CCCCC1CBr)C1C2CCCC21. The van der Waals surface area contributed by atoms with E-state index in [4.69, 9.17) is 0 Å². The first-order chi connectivity index (χ1) is 8.31. The molecule has 0 saturated heterocycles. The van der Waals surface area contributed by atoms with Gasteiger partial charge in [0, 0.05) is 17.3 Å². The monoisotopic (exact) mass is 299 g/mol. The number of nitrogens with one attached hydrogen (secondary N) is 1. The predicted molar refractivity (Wildman–Crippen MR) is 72.0 cm³/mol. The van der Waals surface area contributed by atoms with Crippen molar-refractivity contribution in [3.05, 3.63) is 0 Å². The Labute approximate surface area is 112 Å². The minimum Gasteiger partial charge on any atom is -0.353 e. The van der Waals surface area contributed by atoms with Crippen LogP contribution in [0.2, 0.25) is 0 Å². The van der Waals surface area contributed by atoms with Crippen LogP contribution in [0.25, 0.3) is 0 Å². The topological polar surface area (TPSA) is 29.1 Å². The fourth-order valence-electron chi connectivity index (χ4n) is 4.07. The summed E-state index contributed by atoms with van der Waals surface area (Å²) in [5.41, 5.74) is 0. The second-order valence-corrected chi connectivity index (χ2v) is 6.75. The zero-order chi connectivity index (χ0) is 11.8. The predicted octanol–water partition coefficient (Wildman–Crippen LogP) is 3.10. The van der Waals surface area contributed by atoms with Crippen LogP contribution in [0, 0.1) is 23.7 Å². The van der Waals surface area contributed by atoms with Gasteiger partial charge in [0.25, 0.3) is 0 Å². The molecule has 0 heterocycles. The highest BCUT2D eigenvalue weighted by atomic mass is 79.9. The number of alkyl halides is 1. The molecule has 3 saturated carbocycles. The maximum absolute atomic E-state index is 12.2. The van der Waals surface area contributed by atoms with Crippen LogP contribution in [-0.2, 0) is 4.79 Å². The number of hydrogen-bond acceptors (Lipinski definition) is 1. The first-order valence-electron chi connectivity index (χ1n) is 7.17. The van der Waals surface area contributed by atoms with Crippen LogP contribution in [0.5, 0.6) is 0 Å². The Bertz CT molecular complexity index is 297. The lowest BCUT2D eigenvalue weighted by Gasteiger charge is -2.31. The lowest BCUT2D eigenvalue weighted by atomic mass is 9.85. The minimum atomic E-state index is 0.373. The first kappa shape index (κ1) is 12.0. The Hall–Kier alpha value is -0.0500. The Morgan fingerprint density at radius 1 is 1.06 bits per heavy atom. The highest BCUT2D eigenvalue weighted by Gasteiger charge is 2.56. The van der Waals surface area contributed by atoms with Crippen molar-refractivity contribution < 1.29 is 4.79 Å². The van der Waals surface area contributed by atoms with E-state index in [0.717, 1.165) is 17.2 Å². The molecule has 0 spiro atoms. The van der Waals surface area contributed by atoms with Crippen LogP contribution in [0.4, 0.5) is 0 Å². The Balaban J connectivity index is 1.53. The third-order valence-electron chi connectivity index (χ3n) is 5.14. The van der Waals surface area contributed by atoms with E-state index in [-0.39, 0.29) is 0 Å². The van der Waals surface area contributed by atoms with Crippen molar-refractivity contribution in [2.45, 2.75) is 51.0 Å². The molecule has 0 aliphatic heterocycles. The van der Waals surface area contributed by atoms with Gasteiger partial charge in [0.1, 0.15) is 0 Å². The molecule has 96 valence electrons. The standard InChI is InChI=1S/C14H22BrNO/c15-8-9-4-1-2-7-12(9)16-14(17)13-10-5-3-6-11(10)13/h9-13H,1-8H2,(H,16,17). The van der Waals surface area contributed by atoms with E-state index in [1.807, 2.05) is 0 Å². The van der Waals surface area contributed by atoms with E-state index in [1.54, 1.807) is 0 Å². The quantitative estimate of drug-likeness (QED) is 0.797. The van der Waals surface area contributed by atoms with E-state index in [2.05, 4.69) is 21.2 Å². The van der Waals surface area contributed by atoms with Crippen molar-refractivity contribution >= 4 is 21.8 Å². The van der Waals surface area contributed by atoms with Gasteiger partial charge in [0.15, 0.2) is 0 Å². The number of fused-ring (bicyclic) bond motifs is 1. The van der Waals surface area contributed by atoms with Gasteiger partial charge in [-0.25, -0.2) is 0 Å². The molecule has 2 nitrogen and oxygen atoms in total. The molecule has 0 aromatic heterocycles. The minimum absolute atomic E-state index is 0.373. The molecule has 3 aliphatic rings. The zero-order valence-corrected chi connectivity index (χ0v) is 11.9. The van der Waals surface area contributed by atoms with Gasteiger partial charge in [-0.3, -0.25) is 4.79 Å². The molecular weight excluding hydrogens is 278 g/mol. The Kier molecular flexibility index (Phi) is 3.47. The summed E-state index contributed by atoms with van der Waals surface area (Å²) in [6.07, 6.45) is 9.03. The summed E-state index contributed by atoms with van der Waals surface area (Å²) < 4.78 is 0. The molecule has 4 atom stereocenters. The van der Waals surface area contributed by atoms with E-state index in [0.29, 0.717) is 23.8 Å². The number of carbonyl (C=O) groups excluding carboxylic acids is 1. The Morgan fingerprint density at radius 2 is 1.76 bits per heavy atom. The van der Waals surface area contributed by atoms with Crippen LogP contribution in [0.3, 0.4) is 0 Å². The van der Waals surface area contributed by atoms with Crippen LogP contribution < -0.4 is 5.32 Å². The molecule has 3 fully saturated rings. The van der Waals surface area contributed by atoms with E-state index in [9.17, 15) is 4.79 Å². The van der Waals surface area contributed by atoms with Crippen molar-refractivity contribution in [2.75, 3.05) is 5.33 Å². The van der Waals surface area contributed by atoms with Gasteiger partial charge >= 0.3 is 0 Å². The molecule has 0 bridgehead atoms. The average Bonchev–Trinajstić information content (AvgIpc) is 2.84. The van der Waals surface area contributed by atoms with Gasteiger partial charge in [-0.1, -0.05) is 35.2 Å². The number of halogens is 1. The van der Waals surface area contributed by atoms with Crippen molar-refractivity contribution in [1.29, 1.82) is 0 Å². The molecule has 1 amide bonds. The molecule has 3 rings (SSSR count). The number of hydrogen-bond donors (Lipinski definition) is 1. The largest absolute Gasteiger partial charge is 0.353 e. The van der Waals surface area contributed by atoms with Crippen LogP contribution in [0.15, 0.2) is 0 Å². The summed E-state index contributed by atoms with van der Waals surface area (Å²) in [5, 5.41) is 4.38. The van der Waals surface area contributed by atoms with Gasteiger partial charge in [0.05, 0.1) is 0 Å². The molecule has 17 heavy (non-hydrogen) atoms. The van der Waals surface area contributed by atoms with Gasteiger partial charge in [-0.15, -0.1) is 0 Å². The average molecular weight is 300 g/mol. The summed E-state index contributed by atoms with van der Waals surface area (Å²) >= 11 is 3.59. The molecule has 0 aromatic rings. The van der Waals surface area contributed by atoms with E-state index in [1.165, 1.54) is 44.9 Å². The molecular formula is C14H22BrNO. The van der Waals surface area contributed by atoms with Crippen LogP contribution in [-0.4, -0.2) is 17.3 Å². The van der Waals surface area contributed by atoms with Crippen molar-refractivity contribution in [2.24, 2.45) is 23.7 Å². The molecule has 1 N–H and O–H groups in total. The molecule has 4 unspecified atom stereocenters. The third-order valence-corrected chi connectivity index (χ3v) is 5.98. The fraction of sp³-hybridized carbons (Fsp3) is 0.929. The van der Waals surface area contributed by atoms with E-state index >= 15 is 0 Å². The second kappa shape index (κ2) is 4.91. The first-order valence-corrected chi connectivity index (χ1v) is 8.29. The normalized spacial score (nSPS) is 44.2. The summed E-state index contributed by atoms with van der Waals surface area (Å²) in [6, 6.07) is 0.442. The highest BCUT2D eigenvalue weighted by Crippen LogP contribution is 2.57. The van der Waals surface area contributed by atoms with Crippen LogP contribution in [0.1, 0.15) is 44.9 Å². The summed E-state index contributed by atoms with van der Waals surface area (Å²) in [5.74, 6) is 2.92. The third kappa shape index (κ3) is 2.27. The molecule has 0 radical (unpaired) electrons. The molecule has 3 aliphatic carbocycles. The molecule has 0 aromatic carbocycles.